The molecule has 5 unspecified atom stereocenters. The van der Waals surface area contributed by atoms with Crippen LogP contribution >= 0.6 is 0 Å². The number of hydrogen-bond acceptors (Lipinski definition) is 18. The number of alkyl carbamates (subject to hydrolysis) is 3. The van der Waals surface area contributed by atoms with Crippen LogP contribution in [0.25, 0.3) is 0 Å². The molecule has 0 bridgehead atoms. The predicted molar refractivity (Wildman–Crippen MR) is 272 cm³/mol. The molecule has 0 aliphatic heterocycles. The van der Waals surface area contributed by atoms with Crippen molar-refractivity contribution in [3.8, 4) is 0 Å². The maximum absolute atomic E-state index is 14.9. The Morgan fingerprint density at radius 3 is 1.32 bits per heavy atom. The van der Waals surface area contributed by atoms with Crippen molar-refractivity contribution < 1.29 is 98.5 Å². The summed E-state index contributed by atoms with van der Waals surface area (Å²) in [4.78, 5) is 99.0. The third-order valence-corrected chi connectivity index (χ3v) is 12.8. The highest BCUT2D eigenvalue weighted by Gasteiger charge is 2.58. The van der Waals surface area contributed by atoms with Gasteiger partial charge >= 0.3 is 60.0 Å². The zero-order valence-electron chi connectivity index (χ0n) is 45.8. The first-order chi connectivity index (χ1) is 36.1. The summed E-state index contributed by atoms with van der Waals surface area (Å²) in [5.74, 6) is -14.7. The van der Waals surface area contributed by atoms with E-state index in [1.807, 2.05) is 34.6 Å². The average Bonchev–Trinajstić information content (AvgIpc) is 3.36. The molecule has 0 saturated heterocycles. The Balaban J connectivity index is 1.96. The summed E-state index contributed by atoms with van der Waals surface area (Å²) in [7, 11) is 0. The second kappa shape index (κ2) is 29.5. The normalized spacial score (nSPS) is 21.5. The molecular weight excluding hydrogens is 1040 g/mol. The van der Waals surface area contributed by atoms with E-state index in [2.05, 4.69) is 63.6 Å². The lowest BCUT2D eigenvalue weighted by molar-refractivity contribution is -0.238. The van der Waals surface area contributed by atoms with Crippen molar-refractivity contribution in [3.63, 3.8) is 0 Å². The SMILES string of the molecule is C=CCOC(=O)C(C)(COCNC1(C)CC(CNC(=O)OCC(F)(F)C(F)(F)COC(=O)NCC2CC(C)(C)CC(C)(NC(=O)OCC(COC(=O)C=C)(COC(=O)C=C)COC(=O)C=C)C2)CC(C)(C)C1)COC(=O)C=C. The van der Waals surface area contributed by atoms with Gasteiger partial charge in [0.05, 0.1) is 13.3 Å². The summed E-state index contributed by atoms with van der Waals surface area (Å²) >= 11 is 0. The summed E-state index contributed by atoms with van der Waals surface area (Å²) in [5.41, 5.74) is -5.41. The first-order valence-electron chi connectivity index (χ1n) is 24.9. The van der Waals surface area contributed by atoms with E-state index < -0.39 is 133 Å². The van der Waals surface area contributed by atoms with E-state index >= 15 is 0 Å². The monoisotopic (exact) mass is 1120 g/mol. The Morgan fingerprint density at radius 1 is 0.513 bits per heavy atom. The topological polar surface area (TPSA) is 268 Å². The number of carbonyl (C=O) groups is 8. The van der Waals surface area contributed by atoms with E-state index in [4.69, 9.17) is 33.2 Å². The molecular formula is C53H78F4N4O17. The molecule has 0 aromatic carbocycles. The van der Waals surface area contributed by atoms with Crippen molar-refractivity contribution in [1.82, 2.24) is 21.3 Å². The zero-order valence-corrected chi connectivity index (χ0v) is 45.8. The van der Waals surface area contributed by atoms with Crippen LogP contribution in [0.5, 0.6) is 0 Å². The quantitative estimate of drug-likeness (QED) is 0.0102. The van der Waals surface area contributed by atoms with Crippen LogP contribution in [0.4, 0.5) is 31.9 Å². The standard InChI is InChI=1S/C53H78F4N4O17/c1-13-18-71-42(66)48(10,28-72-38(62)14-2)27-70-35-60-49(11)21-36(19-46(6,7)25-49)23-58-43(67)77-33-52(54,55)53(56,57)34-78-44(68)59-24-37-20-47(8,9)26-50(12,22-37)61-45(69)76-32-51(29-73-39(63)15-3,30-74-40(64)16-4)31-75-41(65)17-5/h13-17,36-37,60H,1-5,18-35H2,6-12H3,(H,58,67)(H,59,68)(H,61,69). The molecule has 2 rings (SSSR count). The summed E-state index contributed by atoms with van der Waals surface area (Å²) < 4.78 is 106. The van der Waals surface area contributed by atoms with E-state index in [1.165, 1.54) is 13.0 Å². The highest BCUT2D eigenvalue weighted by molar-refractivity contribution is 5.83. The molecule has 440 valence electrons. The van der Waals surface area contributed by atoms with E-state index in [0.717, 1.165) is 24.3 Å². The Bertz CT molecular complexity index is 2120. The predicted octanol–water partition coefficient (Wildman–Crippen LogP) is 6.81. The summed E-state index contributed by atoms with van der Waals surface area (Å²) in [5, 5.41) is 10.8. The number of amides is 3. The van der Waals surface area contributed by atoms with E-state index in [1.54, 1.807) is 6.92 Å². The van der Waals surface area contributed by atoms with Gasteiger partial charge in [0.1, 0.15) is 50.5 Å². The Morgan fingerprint density at radius 2 is 0.897 bits per heavy atom. The lowest BCUT2D eigenvalue weighted by atomic mass is 9.64. The van der Waals surface area contributed by atoms with Gasteiger partial charge in [0.15, 0.2) is 13.2 Å². The molecule has 2 fully saturated rings. The third kappa shape index (κ3) is 23.2. The molecule has 21 nitrogen and oxygen atoms in total. The van der Waals surface area contributed by atoms with Crippen LogP contribution in [-0.4, -0.2) is 150 Å². The molecule has 0 aromatic rings. The lowest BCUT2D eigenvalue weighted by Gasteiger charge is -2.47. The second-order valence-corrected chi connectivity index (χ2v) is 22.2. The molecule has 2 aliphatic rings. The molecule has 0 heterocycles. The third-order valence-electron chi connectivity index (χ3n) is 12.8. The Labute approximate surface area is 452 Å². The molecule has 2 saturated carbocycles. The van der Waals surface area contributed by atoms with Crippen LogP contribution in [0.1, 0.15) is 87.0 Å². The van der Waals surface area contributed by atoms with Gasteiger partial charge in [-0.05, 0) is 82.0 Å². The van der Waals surface area contributed by atoms with Gasteiger partial charge in [-0.2, -0.15) is 17.6 Å². The summed E-state index contributed by atoms with van der Waals surface area (Å²) in [6.07, 6.45) is 3.79. The van der Waals surface area contributed by atoms with Crippen molar-refractivity contribution in [1.29, 1.82) is 0 Å². The number of halogens is 4. The highest BCUT2D eigenvalue weighted by Crippen LogP contribution is 2.45. The van der Waals surface area contributed by atoms with E-state index in [-0.39, 0.29) is 57.4 Å². The van der Waals surface area contributed by atoms with Crippen molar-refractivity contribution in [2.24, 2.45) is 33.5 Å². The van der Waals surface area contributed by atoms with Gasteiger partial charge in [-0.1, -0.05) is 66.7 Å². The average molecular weight is 1120 g/mol. The molecule has 3 amide bonds. The van der Waals surface area contributed by atoms with Crippen LogP contribution in [0, 0.1) is 33.5 Å². The molecule has 78 heavy (non-hydrogen) atoms. The van der Waals surface area contributed by atoms with Gasteiger partial charge in [-0.25, -0.2) is 33.6 Å². The first-order valence-corrected chi connectivity index (χ1v) is 24.9. The maximum Gasteiger partial charge on any atom is 0.407 e. The number of esters is 5. The molecule has 4 N–H and O–H groups in total. The number of alkyl halides is 4. The van der Waals surface area contributed by atoms with Gasteiger partial charge in [0, 0.05) is 48.5 Å². The minimum atomic E-state index is -4.98. The molecule has 0 spiro atoms. The van der Waals surface area contributed by atoms with E-state index in [0.29, 0.717) is 32.1 Å². The minimum Gasteiger partial charge on any atom is -0.462 e. The second-order valence-electron chi connectivity index (χ2n) is 22.2. The van der Waals surface area contributed by atoms with Crippen molar-refractivity contribution in [3.05, 3.63) is 63.3 Å². The van der Waals surface area contributed by atoms with Gasteiger partial charge in [-0.15, -0.1) is 0 Å². The minimum absolute atomic E-state index is 0.0502. The van der Waals surface area contributed by atoms with Crippen LogP contribution < -0.4 is 21.3 Å². The highest BCUT2D eigenvalue weighted by atomic mass is 19.3. The van der Waals surface area contributed by atoms with Crippen molar-refractivity contribution >= 4 is 48.1 Å². The fourth-order valence-corrected chi connectivity index (χ4v) is 9.84. The van der Waals surface area contributed by atoms with Crippen LogP contribution in [0.15, 0.2) is 63.3 Å². The zero-order chi connectivity index (χ0) is 59.2. The van der Waals surface area contributed by atoms with E-state index in [9.17, 15) is 55.9 Å². The molecule has 25 heteroatoms. The van der Waals surface area contributed by atoms with Gasteiger partial charge < -0.3 is 58.6 Å². The van der Waals surface area contributed by atoms with Gasteiger partial charge in [0.2, 0.25) is 0 Å². The summed E-state index contributed by atoms with van der Waals surface area (Å²) in [6.45, 7) is 22.3. The van der Waals surface area contributed by atoms with Crippen LogP contribution in [0.3, 0.4) is 0 Å². The smallest absolute Gasteiger partial charge is 0.407 e. The molecule has 2 aliphatic carbocycles. The lowest BCUT2D eigenvalue weighted by Crippen LogP contribution is -2.55. The fourth-order valence-electron chi connectivity index (χ4n) is 9.84. The van der Waals surface area contributed by atoms with Gasteiger partial charge in [-0.3, -0.25) is 10.1 Å². The number of hydrogen-bond donors (Lipinski definition) is 4. The molecule has 5 atom stereocenters. The maximum atomic E-state index is 14.9. The fraction of sp³-hybridized carbons (Fsp3) is 0.660. The molecule has 0 radical (unpaired) electrons. The first kappa shape index (κ1) is 67.6. The number of nitrogens with one attached hydrogen (secondary N) is 4. The number of ether oxygens (including phenoxy) is 9. The Kier molecular flexibility index (Phi) is 25.5. The number of carbonyl (C=O) groups excluding carboxylic acids is 8. The largest absolute Gasteiger partial charge is 0.462 e. The van der Waals surface area contributed by atoms with Crippen molar-refractivity contribution in [2.75, 3.05) is 79.3 Å². The van der Waals surface area contributed by atoms with Crippen molar-refractivity contribution in [2.45, 2.75) is 110 Å². The van der Waals surface area contributed by atoms with Gasteiger partial charge in [0.25, 0.3) is 0 Å². The Hall–Kier alpha value is -6.50. The molecule has 0 aromatic heterocycles. The summed E-state index contributed by atoms with van der Waals surface area (Å²) in [6, 6.07) is 0. The van der Waals surface area contributed by atoms with Crippen LogP contribution in [-0.2, 0) is 66.6 Å². The van der Waals surface area contributed by atoms with Crippen LogP contribution in [0.2, 0.25) is 0 Å². The number of rotatable bonds is 32.